The van der Waals surface area contributed by atoms with E-state index in [-0.39, 0.29) is 0 Å². The number of hydrogen-bond donors (Lipinski definition) is 1. The fraction of sp³-hybridized carbons (Fsp3) is 0.188. The summed E-state index contributed by atoms with van der Waals surface area (Å²) in [6.07, 6.45) is 3.92. The largest absolute Gasteiger partial charge is 0.398 e. The second-order valence-corrected chi connectivity index (χ2v) is 4.73. The van der Waals surface area contributed by atoms with Crippen molar-refractivity contribution in [3.63, 3.8) is 0 Å². The Kier molecular flexibility index (Phi) is 3.39. The number of benzene rings is 2. The summed E-state index contributed by atoms with van der Waals surface area (Å²) in [5, 5.41) is 6.59. The third kappa shape index (κ3) is 2.26. The Morgan fingerprint density at radius 2 is 1.95 bits per heavy atom. The third-order valence-corrected chi connectivity index (χ3v) is 3.42. The van der Waals surface area contributed by atoms with Crippen LogP contribution in [0.2, 0.25) is 0 Å². The number of methoxy groups -OCH3 is 1. The molecule has 1 aromatic heterocycles. The summed E-state index contributed by atoms with van der Waals surface area (Å²) in [6.45, 7) is 1.41. The van der Waals surface area contributed by atoms with Gasteiger partial charge in [0, 0.05) is 29.9 Å². The van der Waals surface area contributed by atoms with Crippen molar-refractivity contribution >= 4 is 16.5 Å². The zero-order valence-corrected chi connectivity index (χ0v) is 11.4. The van der Waals surface area contributed by atoms with Gasteiger partial charge < -0.3 is 10.5 Å². The van der Waals surface area contributed by atoms with Gasteiger partial charge in [-0.05, 0) is 17.0 Å². The first-order chi connectivity index (χ1) is 9.79. The average Bonchev–Trinajstić information content (AvgIpc) is 2.94. The molecule has 0 saturated carbocycles. The van der Waals surface area contributed by atoms with Crippen LogP contribution >= 0.6 is 0 Å². The van der Waals surface area contributed by atoms with E-state index in [1.165, 1.54) is 0 Å². The van der Waals surface area contributed by atoms with Crippen LogP contribution in [0.15, 0.2) is 48.8 Å². The maximum atomic E-state index is 6.04. The zero-order valence-electron chi connectivity index (χ0n) is 11.4. The normalized spacial score (nSPS) is 11.1. The smallest absolute Gasteiger partial charge is 0.0658 e. The minimum Gasteiger partial charge on any atom is -0.398 e. The molecule has 0 aliphatic carbocycles. The number of nitrogens with two attached hydrogens (primary N) is 1. The van der Waals surface area contributed by atoms with Crippen molar-refractivity contribution in [3.8, 4) is 11.1 Å². The zero-order chi connectivity index (χ0) is 13.9. The highest BCUT2D eigenvalue weighted by molar-refractivity contribution is 6.02. The Hall–Kier alpha value is -2.33. The minimum absolute atomic E-state index is 0.656. The SMILES string of the molecule is COCCn1cc(-c2cccc3c(N)cccc23)cn1. The van der Waals surface area contributed by atoms with E-state index in [9.17, 15) is 0 Å². The average molecular weight is 267 g/mol. The summed E-state index contributed by atoms with van der Waals surface area (Å²) in [7, 11) is 1.69. The molecule has 0 spiro atoms. The number of nitrogen functional groups attached to an aromatic ring is 1. The minimum atomic E-state index is 0.656. The number of ether oxygens (including phenoxy) is 1. The van der Waals surface area contributed by atoms with Crippen molar-refractivity contribution in [2.45, 2.75) is 6.54 Å². The van der Waals surface area contributed by atoms with Gasteiger partial charge in [-0.25, -0.2) is 0 Å². The molecule has 0 saturated heterocycles. The third-order valence-electron chi connectivity index (χ3n) is 3.42. The van der Waals surface area contributed by atoms with Gasteiger partial charge in [0.25, 0.3) is 0 Å². The quantitative estimate of drug-likeness (QED) is 0.739. The molecule has 3 aromatic rings. The van der Waals surface area contributed by atoms with Crippen molar-refractivity contribution in [1.29, 1.82) is 0 Å². The number of hydrogen-bond acceptors (Lipinski definition) is 3. The molecular formula is C16H17N3O. The summed E-state index contributed by atoms with van der Waals surface area (Å²) in [5.41, 5.74) is 9.08. The van der Waals surface area contributed by atoms with Crippen LogP contribution in [0.1, 0.15) is 0 Å². The maximum absolute atomic E-state index is 6.04. The van der Waals surface area contributed by atoms with Crippen LogP contribution in [0.5, 0.6) is 0 Å². The summed E-state index contributed by atoms with van der Waals surface area (Å²) < 4.78 is 6.96. The van der Waals surface area contributed by atoms with E-state index < -0.39 is 0 Å². The first-order valence-corrected chi connectivity index (χ1v) is 6.58. The molecule has 0 radical (unpaired) electrons. The van der Waals surface area contributed by atoms with Gasteiger partial charge in [0.1, 0.15) is 0 Å². The lowest BCUT2D eigenvalue weighted by atomic mass is 10.00. The van der Waals surface area contributed by atoms with E-state index in [2.05, 4.69) is 17.2 Å². The number of nitrogens with zero attached hydrogens (tertiary/aromatic N) is 2. The van der Waals surface area contributed by atoms with Crippen LogP contribution in [-0.2, 0) is 11.3 Å². The molecule has 0 bridgehead atoms. The highest BCUT2D eigenvalue weighted by Gasteiger charge is 2.07. The van der Waals surface area contributed by atoms with Crippen molar-refractivity contribution in [1.82, 2.24) is 9.78 Å². The number of aromatic nitrogens is 2. The predicted molar refractivity (Wildman–Crippen MR) is 81.5 cm³/mol. The van der Waals surface area contributed by atoms with Crippen molar-refractivity contribution in [2.24, 2.45) is 0 Å². The van der Waals surface area contributed by atoms with E-state index in [0.717, 1.165) is 34.1 Å². The molecule has 20 heavy (non-hydrogen) atoms. The lowest BCUT2D eigenvalue weighted by Crippen LogP contribution is -2.03. The lowest BCUT2D eigenvalue weighted by molar-refractivity contribution is 0.183. The van der Waals surface area contributed by atoms with Crippen LogP contribution in [0, 0.1) is 0 Å². The summed E-state index contributed by atoms with van der Waals surface area (Å²) in [5.74, 6) is 0. The summed E-state index contributed by atoms with van der Waals surface area (Å²) in [4.78, 5) is 0. The summed E-state index contributed by atoms with van der Waals surface area (Å²) in [6, 6.07) is 12.2. The molecule has 0 unspecified atom stereocenters. The predicted octanol–water partition coefficient (Wildman–Crippen LogP) is 2.93. The molecule has 3 rings (SSSR count). The van der Waals surface area contributed by atoms with Crippen LogP contribution < -0.4 is 5.73 Å². The van der Waals surface area contributed by atoms with Gasteiger partial charge in [-0.1, -0.05) is 30.3 Å². The lowest BCUT2D eigenvalue weighted by Gasteiger charge is -2.06. The number of rotatable bonds is 4. The Labute approximate surface area is 117 Å². The Balaban J connectivity index is 2.06. The second kappa shape index (κ2) is 5.35. The van der Waals surface area contributed by atoms with Gasteiger partial charge >= 0.3 is 0 Å². The number of anilines is 1. The van der Waals surface area contributed by atoms with Crippen LogP contribution in [0.4, 0.5) is 5.69 Å². The molecule has 4 nitrogen and oxygen atoms in total. The van der Waals surface area contributed by atoms with Gasteiger partial charge in [0.15, 0.2) is 0 Å². The first-order valence-electron chi connectivity index (χ1n) is 6.58. The molecular weight excluding hydrogens is 250 g/mol. The molecule has 2 aromatic carbocycles. The Bertz CT molecular complexity index is 733. The van der Waals surface area contributed by atoms with E-state index in [4.69, 9.17) is 10.5 Å². The molecule has 4 heteroatoms. The van der Waals surface area contributed by atoms with Gasteiger partial charge in [0.05, 0.1) is 19.3 Å². The molecule has 1 heterocycles. The summed E-state index contributed by atoms with van der Waals surface area (Å²) >= 11 is 0. The standard InChI is InChI=1S/C16H17N3O/c1-20-9-8-19-11-12(10-18-19)13-4-2-6-15-14(13)5-3-7-16(15)17/h2-7,10-11H,8-9,17H2,1H3. The topological polar surface area (TPSA) is 53.1 Å². The van der Waals surface area contributed by atoms with Crippen LogP contribution in [0.25, 0.3) is 21.9 Å². The van der Waals surface area contributed by atoms with Crippen molar-refractivity contribution < 1.29 is 4.74 Å². The van der Waals surface area contributed by atoms with Crippen LogP contribution in [-0.4, -0.2) is 23.5 Å². The second-order valence-electron chi connectivity index (χ2n) is 4.73. The Morgan fingerprint density at radius 1 is 1.15 bits per heavy atom. The number of fused-ring (bicyclic) bond motifs is 1. The van der Waals surface area contributed by atoms with Gasteiger partial charge in [-0.15, -0.1) is 0 Å². The molecule has 2 N–H and O–H groups in total. The van der Waals surface area contributed by atoms with E-state index in [1.807, 2.05) is 41.3 Å². The highest BCUT2D eigenvalue weighted by atomic mass is 16.5. The van der Waals surface area contributed by atoms with E-state index in [1.54, 1.807) is 7.11 Å². The van der Waals surface area contributed by atoms with Gasteiger partial charge in [0.2, 0.25) is 0 Å². The van der Waals surface area contributed by atoms with Gasteiger partial charge in [-0.2, -0.15) is 5.10 Å². The van der Waals surface area contributed by atoms with Crippen molar-refractivity contribution in [2.75, 3.05) is 19.5 Å². The Morgan fingerprint density at radius 3 is 2.80 bits per heavy atom. The molecule has 102 valence electrons. The van der Waals surface area contributed by atoms with Gasteiger partial charge in [-0.3, -0.25) is 4.68 Å². The monoisotopic (exact) mass is 267 g/mol. The molecule has 0 atom stereocenters. The molecule has 0 amide bonds. The highest BCUT2D eigenvalue weighted by Crippen LogP contribution is 2.30. The van der Waals surface area contributed by atoms with Crippen molar-refractivity contribution in [3.05, 3.63) is 48.8 Å². The fourth-order valence-electron chi connectivity index (χ4n) is 2.40. The first kappa shape index (κ1) is 12.7. The fourth-order valence-corrected chi connectivity index (χ4v) is 2.40. The van der Waals surface area contributed by atoms with Crippen LogP contribution in [0.3, 0.4) is 0 Å². The molecule has 0 fully saturated rings. The maximum Gasteiger partial charge on any atom is 0.0658 e. The molecule has 0 aliphatic rings. The van der Waals surface area contributed by atoms with E-state index >= 15 is 0 Å². The molecule has 0 aliphatic heterocycles. The van der Waals surface area contributed by atoms with E-state index in [0.29, 0.717) is 6.61 Å².